The number of benzene rings is 4. The van der Waals surface area contributed by atoms with Crippen molar-refractivity contribution in [3.8, 4) is 0 Å². The molecule has 11 heteroatoms. The molecule has 0 saturated carbocycles. The van der Waals surface area contributed by atoms with Crippen LogP contribution in [0.1, 0.15) is 20.8 Å². The second-order valence-electron chi connectivity index (χ2n) is 10.8. The first-order chi connectivity index (χ1) is 22.1. The maximum Gasteiger partial charge on any atom is 0.301 e. The maximum absolute atomic E-state index is 11.6. The van der Waals surface area contributed by atoms with Crippen LogP contribution in [0.5, 0.6) is 0 Å². The number of nitro benzene ring substituents is 2. The molecule has 0 amide bonds. The summed E-state index contributed by atoms with van der Waals surface area (Å²) in [5.74, 6) is 0. The van der Waals surface area contributed by atoms with Crippen LogP contribution in [0.2, 0.25) is 0 Å². The van der Waals surface area contributed by atoms with Gasteiger partial charge in [0.15, 0.2) is 0 Å². The molecule has 4 aromatic carbocycles. The van der Waals surface area contributed by atoms with Crippen LogP contribution in [-0.2, 0) is 0 Å². The van der Waals surface area contributed by atoms with Crippen LogP contribution in [0.15, 0.2) is 162 Å². The number of thioether (sulfide) groups is 3. The molecule has 0 atom stereocenters. The lowest BCUT2D eigenvalue weighted by molar-refractivity contribution is -0.393. The van der Waals surface area contributed by atoms with Gasteiger partial charge in [-0.1, -0.05) is 117 Å². The van der Waals surface area contributed by atoms with Crippen molar-refractivity contribution in [3.63, 3.8) is 0 Å². The first-order valence-corrected chi connectivity index (χ1v) is 16.6. The van der Waals surface area contributed by atoms with Crippen molar-refractivity contribution in [3.05, 3.63) is 162 Å². The summed E-state index contributed by atoms with van der Waals surface area (Å²) in [7, 11) is 0. The molecule has 0 aliphatic heterocycles. The van der Waals surface area contributed by atoms with Crippen LogP contribution in [-0.4, -0.2) is 16.1 Å². The Morgan fingerprint density at radius 1 is 0.674 bits per heavy atom. The van der Waals surface area contributed by atoms with Gasteiger partial charge in [-0.05, 0) is 60.0 Å². The third-order valence-corrected chi connectivity index (χ3v) is 8.77. The summed E-state index contributed by atoms with van der Waals surface area (Å²) in [6.07, 6.45) is 8.04. The molecule has 0 aromatic heterocycles. The smallest absolute Gasteiger partial charge is 0.272 e. The molecule has 0 spiro atoms. The lowest BCUT2D eigenvalue weighted by Crippen LogP contribution is -2.00. The first-order valence-electron chi connectivity index (χ1n) is 14.1. The lowest BCUT2D eigenvalue weighted by atomic mass is 9.96. The zero-order valence-electron chi connectivity index (χ0n) is 25.4. The molecule has 1 N–H and O–H groups in total. The van der Waals surface area contributed by atoms with E-state index in [-0.39, 0.29) is 16.8 Å². The van der Waals surface area contributed by atoms with E-state index in [2.05, 4.69) is 67.7 Å². The van der Waals surface area contributed by atoms with E-state index in [1.165, 1.54) is 23.9 Å². The Kier molecular flexibility index (Phi) is 12.4. The fourth-order valence-electron chi connectivity index (χ4n) is 3.92. The van der Waals surface area contributed by atoms with E-state index in [1.807, 2.05) is 72.8 Å². The third-order valence-electron chi connectivity index (χ3n) is 5.85. The van der Waals surface area contributed by atoms with E-state index in [0.29, 0.717) is 0 Å². The minimum Gasteiger partial charge on any atom is -0.272 e. The molecule has 0 aliphatic rings. The van der Waals surface area contributed by atoms with E-state index in [9.17, 15) is 20.2 Å². The highest BCUT2D eigenvalue weighted by atomic mass is 32.2. The highest BCUT2D eigenvalue weighted by molar-refractivity contribution is 8.05. The Labute approximate surface area is 281 Å². The van der Waals surface area contributed by atoms with Crippen molar-refractivity contribution in [1.29, 1.82) is 0 Å². The predicted octanol–water partition coefficient (Wildman–Crippen LogP) is 11.0. The third kappa shape index (κ3) is 11.4. The molecule has 0 heterocycles. The van der Waals surface area contributed by atoms with Crippen molar-refractivity contribution >= 4 is 58.6 Å². The highest BCUT2D eigenvalue weighted by Crippen LogP contribution is 2.38. The average molecular weight is 669 g/mol. The average Bonchev–Trinajstić information content (AvgIpc) is 3.01. The van der Waals surface area contributed by atoms with E-state index in [1.54, 1.807) is 29.7 Å². The van der Waals surface area contributed by atoms with E-state index in [0.717, 1.165) is 35.5 Å². The SMILES string of the molecule is CC(C)(C)/C=C(/C=C(/C=C(/C=N/Nc1ccc([N+](=O)[O-])cc1[N+](=O)[O-])Sc1ccccc1)Sc1ccccc1)Sc1ccccc1. The van der Waals surface area contributed by atoms with Crippen LogP contribution in [0.3, 0.4) is 0 Å². The summed E-state index contributed by atoms with van der Waals surface area (Å²) >= 11 is 4.79. The van der Waals surface area contributed by atoms with Gasteiger partial charge in [0.2, 0.25) is 0 Å². The van der Waals surface area contributed by atoms with Gasteiger partial charge in [-0.3, -0.25) is 25.7 Å². The van der Waals surface area contributed by atoms with Gasteiger partial charge in [-0.2, -0.15) is 5.10 Å². The van der Waals surface area contributed by atoms with E-state index >= 15 is 0 Å². The first kappa shape index (κ1) is 34.3. The molecule has 4 rings (SSSR count). The molecule has 0 fully saturated rings. The molecular weight excluding hydrogens is 637 g/mol. The molecule has 0 radical (unpaired) electrons. The van der Waals surface area contributed by atoms with E-state index < -0.39 is 15.5 Å². The summed E-state index contributed by atoms with van der Waals surface area (Å²) in [6.45, 7) is 6.50. The molecule has 0 aliphatic carbocycles. The summed E-state index contributed by atoms with van der Waals surface area (Å²) < 4.78 is 0. The normalized spacial score (nSPS) is 12.7. The zero-order valence-corrected chi connectivity index (χ0v) is 27.9. The lowest BCUT2D eigenvalue weighted by Gasteiger charge is -2.15. The molecule has 4 aromatic rings. The minimum atomic E-state index is -0.675. The van der Waals surface area contributed by atoms with Gasteiger partial charge >= 0.3 is 5.69 Å². The molecule has 46 heavy (non-hydrogen) atoms. The Hall–Kier alpha value is -4.58. The number of rotatable bonds is 13. The van der Waals surface area contributed by atoms with Gasteiger partial charge < -0.3 is 0 Å². The summed E-state index contributed by atoms with van der Waals surface area (Å²) in [5.41, 5.74) is 1.86. The molecule has 234 valence electrons. The van der Waals surface area contributed by atoms with Gasteiger partial charge in [0.1, 0.15) is 5.69 Å². The maximum atomic E-state index is 11.6. The molecule has 8 nitrogen and oxygen atoms in total. The van der Waals surface area contributed by atoms with Gasteiger partial charge in [0.05, 0.1) is 22.1 Å². The molecule has 0 bridgehead atoms. The van der Waals surface area contributed by atoms with Crippen molar-refractivity contribution in [2.24, 2.45) is 10.5 Å². The number of hydrogen-bond donors (Lipinski definition) is 1. The fourth-order valence-corrected chi connectivity index (χ4v) is 7.03. The van der Waals surface area contributed by atoms with Gasteiger partial charge in [0.25, 0.3) is 5.69 Å². The number of allylic oxidation sites excluding steroid dienone is 4. The summed E-state index contributed by atoms with van der Waals surface area (Å²) in [5, 5.41) is 27.1. The second kappa shape index (κ2) is 16.6. The van der Waals surface area contributed by atoms with Gasteiger partial charge in [-0.15, -0.1) is 0 Å². The van der Waals surface area contributed by atoms with Gasteiger partial charge in [0, 0.05) is 35.5 Å². The number of anilines is 1. The standard InChI is InChI=1S/C35H32N4O4S3/c1-35(2,3)24-31(45-28-15-9-5-10-16-28)22-30(44-27-13-7-4-8-14-27)23-32(46-29-17-11-6-12-18-29)25-36-37-33-20-19-26(38(40)41)21-34(33)39(42)43/h4-25,37H,1-3H3/b30-22-,31-24-,32-23-,36-25+. The minimum absolute atomic E-state index is 0.0417. The van der Waals surface area contributed by atoms with Crippen molar-refractivity contribution < 1.29 is 9.85 Å². The van der Waals surface area contributed by atoms with Crippen LogP contribution >= 0.6 is 35.3 Å². The Bertz CT molecular complexity index is 1770. The summed E-state index contributed by atoms with van der Waals surface area (Å²) in [6, 6.07) is 33.5. The topological polar surface area (TPSA) is 111 Å². The number of hydrogen-bond acceptors (Lipinski definition) is 9. The monoisotopic (exact) mass is 668 g/mol. The van der Waals surface area contributed by atoms with Crippen LogP contribution in [0.25, 0.3) is 0 Å². The predicted molar refractivity (Wildman–Crippen MR) is 192 cm³/mol. The van der Waals surface area contributed by atoms with Gasteiger partial charge in [-0.25, -0.2) is 0 Å². The van der Waals surface area contributed by atoms with E-state index in [4.69, 9.17) is 0 Å². The molecule has 0 unspecified atom stereocenters. The number of nitrogens with one attached hydrogen (secondary N) is 1. The Balaban J connectivity index is 1.77. The number of nitrogens with zero attached hydrogens (tertiary/aromatic N) is 3. The van der Waals surface area contributed by atoms with Crippen LogP contribution < -0.4 is 5.43 Å². The molecule has 0 saturated heterocycles. The number of hydrazone groups is 1. The van der Waals surface area contributed by atoms with Crippen molar-refractivity contribution in [2.75, 3.05) is 5.43 Å². The quantitative estimate of drug-likeness (QED) is 0.0492. The molecular formula is C35H32N4O4S3. The fraction of sp³-hybridized carbons (Fsp3) is 0.114. The van der Waals surface area contributed by atoms with Crippen LogP contribution in [0, 0.1) is 25.6 Å². The zero-order chi connectivity index (χ0) is 32.9. The number of non-ortho nitro benzene ring substituents is 1. The second-order valence-corrected chi connectivity index (χ2v) is 14.3. The highest BCUT2D eigenvalue weighted by Gasteiger charge is 2.19. The number of nitro groups is 2. The Morgan fingerprint density at radius 2 is 1.15 bits per heavy atom. The van der Waals surface area contributed by atoms with Crippen LogP contribution in [0.4, 0.5) is 17.1 Å². The van der Waals surface area contributed by atoms with Crippen molar-refractivity contribution in [2.45, 2.75) is 35.5 Å². The van der Waals surface area contributed by atoms with Crippen molar-refractivity contribution in [1.82, 2.24) is 0 Å². The largest absolute Gasteiger partial charge is 0.301 e. The summed E-state index contributed by atoms with van der Waals surface area (Å²) in [4.78, 5) is 27.4. The Morgan fingerprint density at radius 3 is 1.63 bits per heavy atom.